The minimum absolute atomic E-state index is 0. The van der Waals surface area contributed by atoms with Crippen molar-refractivity contribution >= 4 is 46.8 Å². The Hall–Kier alpha value is -10.5. The zero-order chi connectivity index (χ0) is 88.5. The predicted molar refractivity (Wildman–Crippen MR) is 462 cm³/mol. The molecular formula is C88H114ClF6N19O9. The molecule has 0 aromatic carbocycles. The van der Waals surface area contributed by atoms with Crippen molar-refractivity contribution < 1.29 is 60.0 Å². The number of piperazine rings is 3. The number of halogens is 7. The van der Waals surface area contributed by atoms with Crippen LogP contribution < -0.4 is 31.6 Å². The van der Waals surface area contributed by atoms with E-state index in [2.05, 4.69) is 110 Å². The number of aromatic nitrogens is 9. The number of carboxylic acids is 1. The van der Waals surface area contributed by atoms with Gasteiger partial charge in [0.15, 0.2) is 0 Å². The number of nitrogens with one attached hydrogen (secondary N) is 3. The summed E-state index contributed by atoms with van der Waals surface area (Å²) < 4.78 is 99.5. The zero-order valence-electron chi connectivity index (χ0n) is 72.7. The van der Waals surface area contributed by atoms with Gasteiger partial charge in [0.2, 0.25) is 0 Å². The molecule has 14 rings (SSSR count). The van der Waals surface area contributed by atoms with E-state index in [-0.39, 0.29) is 103 Å². The lowest BCUT2D eigenvalue weighted by Crippen LogP contribution is -2.49. The van der Waals surface area contributed by atoms with Gasteiger partial charge in [-0.2, -0.15) is 57.0 Å². The molecule has 0 saturated carbocycles. The number of methoxy groups -OCH3 is 2. The molecule has 35 heteroatoms. The average molecular weight is 1730 g/mol. The number of azo groups is 1. The standard InChI is InChI=1S/C31H36F3N7O3.C26H39N5O2.C23H26F3N5O2.C8H12N2O2.ClH/c1-18-6-7-25(38-37-18)22-8-9-41-26(22)15-23(29(42)35-16-24-27(44-5)14-19(2)36-30(24)43)20(3)28(41)21(4)40-12-10-39(11-13-40)17-31(32,33)34;1-7-29-12-14-30(15-13-29)20(6)25-19(5)22(26(32)33-17(2)3)16-24-21(10-11-31(24)25)23-9-8-18(4)27-28-23;1-14-4-5-19(28-27-14)17-6-7-31-20(17)12-18(22(32)33)15(2)21(31)16(3)30-10-8-29(9-11-30)13-23(24,25)26;1-5-3-7(12-2)6(4-9)8(11)10-5;/h6-9,14-15,21H,10-13,16-17H2,1-5H3,(H,35,42)(H,36,43);10-11,16-18,20,23H,7-9,12-15H2,1-6H3;4-7,12,16H,8-11,13H2,1-3H3,(H,32,33);3H,4,9H2,1-2H3,(H,10,11);1H. The van der Waals surface area contributed by atoms with Crippen LogP contribution in [0.15, 0.2) is 111 Å². The van der Waals surface area contributed by atoms with Crippen molar-refractivity contribution in [1.82, 2.24) is 78.3 Å². The number of hydrogen-bond acceptors (Lipinski definition) is 21. The lowest BCUT2D eigenvalue weighted by atomic mass is 9.97. The SMILES string of the molecule is CCN1CCN(C(C)c2c(C)c(C(=O)OC(C)C)cc3c(C4CCC(C)N=N4)ccn23)CC1.COc1cc(C)[nH]c(=O)c1CN.COc1cc(C)[nH]c(=O)c1CNC(=O)c1cc2c(-c3ccc(C)nn3)ccn2c(C(C)N2CCN(CC(F)(F)F)CC2)c1C.Cc1ccc(-c2ccn3c(C(C)N4CCN(CC(F)(F)F)CC4)c(C)c(C(=O)O)cc23)nn1.Cl. The summed E-state index contributed by atoms with van der Waals surface area (Å²) in [7, 11) is 2.99. The fraction of sp³-hybridized carbons (Fsp3) is 0.489. The Kier molecular flexibility index (Phi) is 31.5. The molecule has 5 atom stereocenters. The number of H-pyrrole nitrogens is 2. The van der Waals surface area contributed by atoms with Gasteiger partial charge in [0.1, 0.15) is 11.5 Å². The quantitative estimate of drug-likeness (QED) is 0.0330. The van der Waals surface area contributed by atoms with Crippen LogP contribution in [0.25, 0.3) is 39.1 Å². The maximum Gasteiger partial charge on any atom is 0.401 e. The number of aromatic carboxylic acids is 1. The third-order valence-electron chi connectivity index (χ3n) is 23.4. The van der Waals surface area contributed by atoms with Crippen molar-refractivity contribution in [2.45, 2.75) is 172 Å². The first-order valence-corrected chi connectivity index (χ1v) is 41.3. The zero-order valence-corrected chi connectivity index (χ0v) is 73.6. The lowest BCUT2D eigenvalue weighted by Gasteiger charge is -2.39. The topological polar surface area (TPSA) is 312 Å². The van der Waals surface area contributed by atoms with Crippen LogP contribution in [-0.4, -0.2) is 233 Å². The number of aromatic amines is 2. The van der Waals surface area contributed by atoms with Crippen LogP contribution in [-0.2, 0) is 17.8 Å². The normalized spacial score (nSPS) is 17.3. The molecule has 0 bridgehead atoms. The number of amides is 1. The monoisotopic (exact) mass is 1730 g/mol. The molecule has 0 spiro atoms. The van der Waals surface area contributed by atoms with E-state index in [1.165, 1.54) is 29.7 Å². The maximum atomic E-state index is 13.8. The van der Waals surface area contributed by atoms with Gasteiger partial charge in [-0.25, -0.2) is 9.59 Å². The highest BCUT2D eigenvalue weighted by atomic mass is 35.5. The summed E-state index contributed by atoms with van der Waals surface area (Å²) in [5.41, 5.74) is 21.5. The Balaban J connectivity index is 0.000000182. The first-order valence-electron chi connectivity index (χ1n) is 41.3. The van der Waals surface area contributed by atoms with E-state index in [1.54, 1.807) is 45.0 Å². The summed E-state index contributed by atoms with van der Waals surface area (Å²) in [6, 6.07) is 22.4. The van der Waals surface area contributed by atoms with E-state index in [4.69, 9.17) is 19.9 Å². The predicted octanol–water partition coefficient (Wildman–Crippen LogP) is 13.9. The molecule has 123 heavy (non-hydrogen) atoms. The van der Waals surface area contributed by atoms with Gasteiger partial charge in [-0.1, -0.05) is 6.92 Å². The summed E-state index contributed by atoms with van der Waals surface area (Å²) in [6.07, 6.45) is -0.648. The van der Waals surface area contributed by atoms with Crippen LogP contribution in [0, 0.1) is 48.5 Å². The van der Waals surface area contributed by atoms with Crippen molar-refractivity contribution in [3.8, 4) is 34.0 Å². The second kappa shape index (κ2) is 40.9. The number of fused-ring (bicyclic) bond motifs is 3. The highest BCUT2D eigenvalue weighted by Crippen LogP contribution is 2.40. The fourth-order valence-electron chi connectivity index (χ4n) is 16.8. The highest BCUT2D eigenvalue weighted by Gasteiger charge is 2.38. The van der Waals surface area contributed by atoms with Gasteiger partial charge in [-0.15, -0.1) is 12.4 Å². The van der Waals surface area contributed by atoms with Crippen molar-refractivity contribution in [3.63, 3.8) is 0 Å². The van der Waals surface area contributed by atoms with E-state index in [1.807, 2.05) is 112 Å². The molecule has 3 saturated heterocycles. The van der Waals surface area contributed by atoms with Crippen LogP contribution in [0.5, 0.6) is 11.5 Å². The van der Waals surface area contributed by atoms with Gasteiger partial charge in [-0.3, -0.25) is 38.9 Å². The van der Waals surface area contributed by atoms with Crippen LogP contribution in [0.3, 0.4) is 0 Å². The number of nitrogens with zero attached hydrogens (tertiary/aromatic N) is 15. The number of esters is 1. The Labute approximate surface area is 717 Å². The van der Waals surface area contributed by atoms with Gasteiger partial charge in [0, 0.05) is 173 Å². The largest absolute Gasteiger partial charge is 0.496 e. The van der Waals surface area contributed by atoms with Gasteiger partial charge in [0.05, 0.1) is 114 Å². The number of hydrogen-bond donors (Lipinski definition) is 5. The Morgan fingerprint density at radius 1 is 0.545 bits per heavy atom. The third kappa shape index (κ3) is 22.6. The second-order valence-electron chi connectivity index (χ2n) is 32.1. The molecule has 0 radical (unpaired) electrons. The molecule has 28 nitrogen and oxygen atoms in total. The number of ether oxygens (including phenoxy) is 3. The van der Waals surface area contributed by atoms with Crippen molar-refractivity contribution in [2.24, 2.45) is 16.0 Å². The smallest absolute Gasteiger partial charge is 0.401 e. The van der Waals surface area contributed by atoms with Crippen LogP contribution >= 0.6 is 12.4 Å². The van der Waals surface area contributed by atoms with E-state index in [0.717, 1.165) is 113 Å². The molecule has 10 aromatic heterocycles. The molecule has 5 unspecified atom stereocenters. The Morgan fingerprint density at radius 2 is 0.959 bits per heavy atom. The molecule has 6 N–H and O–H groups in total. The van der Waals surface area contributed by atoms with E-state index >= 15 is 0 Å². The Morgan fingerprint density at radius 3 is 1.37 bits per heavy atom. The summed E-state index contributed by atoms with van der Waals surface area (Å²) in [6.45, 7) is 33.9. The maximum absolute atomic E-state index is 13.8. The minimum atomic E-state index is -4.24. The van der Waals surface area contributed by atoms with E-state index < -0.39 is 31.4 Å². The van der Waals surface area contributed by atoms with Crippen LogP contribution in [0.2, 0.25) is 0 Å². The van der Waals surface area contributed by atoms with Crippen LogP contribution in [0.4, 0.5) is 26.3 Å². The molecule has 3 fully saturated rings. The van der Waals surface area contributed by atoms with Crippen molar-refractivity contribution in [1.29, 1.82) is 0 Å². The molecule has 664 valence electrons. The number of nitrogens with two attached hydrogens (primary N) is 1. The van der Waals surface area contributed by atoms with Crippen molar-refractivity contribution in [3.05, 3.63) is 202 Å². The van der Waals surface area contributed by atoms with Gasteiger partial charge in [-0.05, 0) is 199 Å². The number of pyridine rings is 5. The van der Waals surface area contributed by atoms with Gasteiger partial charge >= 0.3 is 24.3 Å². The molecule has 4 aliphatic heterocycles. The molecule has 4 aliphatic rings. The average Bonchev–Trinajstić information content (AvgIpc) is 1.60. The summed E-state index contributed by atoms with van der Waals surface area (Å²) in [5, 5.41) is 38.7. The van der Waals surface area contributed by atoms with E-state index in [0.29, 0.717) is 101 Å². The third-order valence-corrected chi connectivity index (χ3v) is 23.4. The number of carbonyl (C=O) groups excluding carboxylic acids is 2. The molecule has 14 heterocycles. The summed E-state index contributed by atoms with van der Waals surface area (Å²) in [5.74, 6) is -0.721. The lowest BCUT2D eigenvalue weighted by molar-refractivity contribution is -0.150. The Bertz CT molecular complexity index is 5510. The first kappa shape index (κ1) is 94.8. The number of likely N-dealkylation sites (N-methyl/N-ethyl adjacent to an activating group) is 1. The van der Waals surface area contributed by atoms with Gasteiger partial charge < -0.3 is 58.4 Å². The summed E-state index contributed by atoms with van der Waals surface area (Å²) >= 11 is 0. The van der Waals surface area contributed by atoms with Gasteiger partial charge in [0.25, 0.3) is 17.0 Å². The number of aryl methyl sites for hydroxylation is 4. The number of carbonyl (C=O) groups is 3. The molecular weight excluding hydrogens is 1620 g/mol. The van der Waals surface area contributed by atoms with Crippen LogP contribution in [0.1, 0.15) is 190 Å². The van der Waals surface area contributed by atoms with Crippen molar-refractivity contribution in [2.75, 3.05) is 112 Å². The second-order valence-corrected chi connectivity index (χ2v) is 32.1. The fourth-order valence-corrected chi connectivity index (χ4v) is 16.8. The number of alkyl halides is 6. The highest BCUT2D eigenvalue weighted by molar-refractivity contribution is 5.99. The molecule has 1 amide bonds. The first-order chi connectivity index (χ1) is 57.9. The number of carboxylic acid groups (broad SMARTS) is 1. The molecule has 0 aliphatic carbocycles. The number of rotatable bonds is 21. The molecule has 10 aromatic rings. The van der Waals surface area contributed by atoms with E-state index in [9.17, 15) is 55.4 Å². The minimum Gasteiger partial charge on any atom is -0.496 e. The summed E-state index contributed by atoms with van der Waals surface area (Å²) in [4.78, 5) is 80.3.